The maximum Gasteiger partial charge on any atom is 0.347 e. The van der Waals surface area contributed by atoms with Gasteiger partial charge >= 0.3 is 11.6 Å². The normalized spacial score (nSPS) is 11.3. The van der Waals surface area contributed by atoms with Gasteiger partial charge in [0.1, 0.15) is 17.1 Å². The Hall–Kier alpha value is -2.04. The molecule has 0 aliphatic heterocycles. The maximum atomic E-state index is 11.9. The van der Waals surface area contributed by atoms with Gasteiger partial charge in [-0.1, -0.05) is 0 Å². The molecule has 0 aromatic carbocycles. The number of aryl methyl sites for hydroxylation is 1. The number of rotatable bonds is 5. The highest BCUT2D eigenvalue weighted by atomic mass is 16.5. The molecule has 1 heterocycles. The van der Waals surface area contributed by atoms with Crippen LogP contribution in [0.4, 0.5) is 0 Å². The molecule has 0 N–H and O–H groups in total. The first-order chi connectivity index (χ1) is 8.99. The zero-order valence-corrected chi connectivity index (χ0v) is 11.6. The Kier molecular flexibility index (Phi) is 5.36. The molecule has 0 bridgehead atoms. The van der Waals surface area contributed by atoms with Crippen molar-refractivity contribution in [2.24, 2.45) is 0 Å². The van der Waals surface area contributed by atoms with E-state index >= 15 is 0 Å². The van der Waals surface area contributed by atoms with Crippen molar-refractivity contribution in [2.45, 2.75) is 27.7 Å². The van der Waals surface area contributed by atoms with Crippen molar-refractivity contribution in [3.8, 4) is 5.75 Å². The summed E-state index contributed by atoms with van der Waals surface area (Å²) in [6.07, 6.45) is 1.26. The topological polar surface area (TPSA) is 65.7 Å². The van der Waals surface area contributed by atoms with E-state index in [1.807, 2.05) is 6.92 Å². The highest BCUT2D eigenvalue weighted by Crippen LogP contribution is 2.23. The Morgan fingerprint density at radius 1 is 1.37 bits per heavy atom. The van der Waals surface area contributed by atoms with Crippen molar-refractivity contribution in [1.82, 2.24) is 0 Å². The lowest BCUT2D eigenvalue weighted by Crippen LogP contribution is -2.11. The first-order valence-electron chi connectivity index (χ1n) is 6.12. The SMILES string of the molecule is CCOC(=O)/C=C(/C)c1c(OCC)cc(C)oc1=O. The molecular formula is C14H18O5. The summed E-state index contributed by atoms with van der Waals surface area (Å²) in [5, 5.41) is 0. The summed E-state index contributed by atoms with van der Waals surface area (Å²) in [6.45, 7) is 7.54. The number of allylic oxidation sites excluding steroid dienone is 1. The summed E-state index contributed by atoms with van der Waals surface area (Å²) >= 11 is 0. The van der Waals surface area contributed by atoms with Crippen molar-refractivity contribution in [2.75, 3.05) is 13.2 Å². The molecule has 0 fully saturated rings. The summed E-state index contributed by atoms with van der Waals surface area (Å²) in [6, 6.07) is 1.63. The molecular weight excluding hydrogens is 248 g/mol. The van der Waals surface area contributed by atoms with Crippen LogP contribution in [-0.4, -0.2) is 19.2 Å². The first-order valence-corrected chi connectivity index (χ1v) is 6.12. The lowest BCUT2D eigenvalue weighted by atomic mass is 10.1. The summed E-state index contributed by atoms with van der Waals surface area (Å²) in [5.41, 5.74) is 0.178. The fraction of sp³-hybridized carbons (Fsp3) is 0.429. The second kappa shape index (κ2) is 6.78. The highest BCUT2D eigenvalue weighted by Gasteiger charge is 2.14. The molecule has 1 aromatic rings. The zero-order chi connectivity index (χ0) is 14.4. The van der Waals surface area contributed by atoms with E-state index in [-0.39, 0.29) is 12.2 Å². The van der Waals surface area contributed by atoms with E-state index in [2.05, 4.69) is 0 Å². The van der Waals surface area contributed by atoms with Crippen LogP contribution in [0.15, 0.2) is 21.4 Å². The standard InChI is InChI=1S/C14H18O5/c1-5-17-11-8-10(4)19-14(16)13(11)9(3)7-12(15)18-6-2/h7-8H,5-6H2,1-4H3/b9-7-. The smallest absolute Gasteiger partial charge is 0.347 e. The van der Waals surface area contributed by atoms with Gasteiger partial charge in [-0.25, -0.2) is 9.59 Å². The second-order valence-electron chi connectivity index (χ2n) is 3.90. The van der Waals surface area contributed by atoms with Gasteiger partial charge in [-0.2, -0.15) is 0 Å². The van der Waals surface area contributed by atoms with Crippen molar-refractivity contribution >= 4 is 11.5 Å². The number of hydrogen-bond donors (Lipinski definition) is 0. The van der Waals surface area contributed by atoms with Gasteiger partial charge in [0.25, 0.3) is 0 Å². The zero-order valence-electron chi connectivity index (χ0n) is 11.6. The summed E-state index contributed by atoms with van der Waals surface area (Å²) in [4.78, 5) is 23.3. The van der Waals surface area contributed by atoms with Crippen molar-refractivity contribution in [3.05, 3.63) is 33.9 Å². The average molecular weight is 266 g/mol. The fourth-order valence-electron chi connectivity index (χ4n) is 1.64. The van der Waals surface area contributed by atoms with Crippen LogP contribution in [0, 0.1) is 6.92 Å². The number of carbonyl (C=O) groups is 1. The predicted molar refractivity (Wildman–Crippen MR) is 71.2 cm³/mol. The lowest BCUT2D eigenvalue weighted by molar-refractivity contribution is -0.137. The Morgan fingerprint density at radius 3 is 2.63 bits per heavy atom. The summed E-state index contributed by atoms with van der Waals surface area (Å²) in [7, 11) is 0. The van der Waals surface area contributed by atoms with E-state index < -0.39 is 11.6 Å². The Morgan fingerprint density at radius 2 is 2.05 bits per heavy atom. The van der Waals surface area contributed by atoms with Crippen LogP contribution >= 0.6 is 0 Å². The number of esters is 1. The molecule has 0 saturated heterocycles. The fourth-order valence-corrected chi connectivity index (χ4v) is 1.64. The van der Waals surface area contributed by atoms with Gasteiger partial charge in [0, 0.05) is 12.1 Å². The van der Waals surface area contributed by atoms with Crippen molar-refractivity contribution in [3.63, 3.8) is 0 Å². The van der Waals surface area contributed by atoms with Gasteiger partial charge in [-0.05, 0) is 33.3 Å². The minimum atomic E-state index is -0.526. The van der Waals surface area contributed by atoms with Gasteiger partial charge in [-0.3, -0.25) is 0 Å². The first kappa shape index (κ1) is 15.0. The van der Waals surface area contributed by atoms with Crippen LogP contribution in [-0.2, 0) is 9.53 Å². The van der Waals surface area contributed by atoms with E-state index in [1.165, 1.54) is 6.08 Å². The van der Waals surface area contributed by atoms with E-state index in [4.69, 9.17) is 13.9 Å². The molecule has 0 aliphatic carbocycles. The average Bonchev–Trinajstić information content (AvgIpc) is 2.28. The number of carbonyl (C=O) groups excluding carboxylic acids is 1. The molecule has 5 heteroatoms. The van der Waals surface area contributed by atoms with Gasteiger partial charge in [0.05, 0.1) is 13.2 Å². The van der Waals surface area contributed by atoms with Crippen LogP contribution in [0.25, 0.3) is 5.57 Å². The molecule has 0 saturated carbocycles. The minimum Gasteiger partial charge on any atom is -0.493 e. The Labute approximate surface area is 111 Å². The molecule has 0 radical (unpaired) electrons. The molecule has 1 rings (SSSR count). The monoisotopic (exact) mass is 266 g/mol. The van der Waals surface area contributed by atoms with Crippen LogP contribution in [0.1, 0.15) is 32.1 Å². The third-order valence-electron chi connectivity index (χ3n) is 2.35. The third-order valence-corrected chi connectivity index (χ3v) is 2.35. The Bertz CT molecular complexity index is 539. The summed E-state index contributed by atoms with van der Waals surface area (Å²) < 4.78 is 15.2. The van der Waals surface area contributed by atoms with E-state index in [1.54, 1.807) is 26.8 Å². The molecule has 0 amide bonds. The van der Waals surface area contributed by atoms with Gasteiger partial charge in [0.2, 0.25) is 0 Å². The lowest BCUT2D eigenvalue weighted by Gasteiger charge is -2.09. The van der Waals surface area contributed by atoms with Gasteiger partial charge in [-0.15, -0.1) is 0 Å². The number of hydrogen-bond acceptors (Lipinski definition) is 5. The maximum absolute atomic E-state index is 11.9. The highest BCUT2D eigenvalue weighted by molar-refractivity contribution is 5.91. The molecule has 0 atom stereocenters. The number of ether oxygens (including phenoxy) is 2. The molecule has 104 valence electrons. The summed E-state index contributed by atoms with van der Waals surface area (Å²) in [5.74, 6) is 0.373. The van der Waals surface area contributed by atoms with Crippen LogP contribution < -0.4 is 10.4 Å². The molecule has 19 heavy (non-hydrogen) atoms. The van der Waals surface area contributed by atoms with Crippen LogP contribution in [0.3, 0.4) is 0 Å². The van der Waals surface area contributed by atoms with Crippen LogP contribution in [0.2, 0.25) is 0 Å². The van der Waals surface area contributed by atoms with E-state index in [9.17, 15) is 9.59 Å². The van der Waals surface area contributed by atoms with Gasteiger partial charge in [0.15, 0.2) is 0 Å². The minimum absolute atomic E-state index is 0.250. The van der Waals surface area contributed by atoms with Gasteiger partial charge < -0.3 is 13.9 Å². The van der Waals surface area contributed by atoms with E-state index in [0.29, 0.717) is 23.7 Å². The predicted octanol–water partition coefficient (Wildman–Crippen LogP) is 2.31. The molecule has 5 nitrogen and oxygen atoms in total. The second-order valence-corrected chi connectivity index (χ2v) is 3.90. The molecule has 0 aliphatic rings. The Balaban J connectivity index is 3.25. The van der Waals surface area contributed by atoms with E-state index in [0.717, 1.165) is 0 Å². The van der Waals surface area contributed by atoms with Crippen molar-refractivity contribution < 1.29 is 18.7 Å². The quantitative estimate of drug-likeness (QED) is 0.604. The van der Waals surface area contributed by atoms with Crippen molar-refractivity contribution in [1.29, 1.82) is 0 Å². The third kappa shape index (κ3) is 3.98. The molecule has 1 aromatic heterocycles. The van der Waals surface area contributed by atoms with Crippen LogP contribution in [0.5, 0.6) is 5.75 Å². The largest absolute Gasteiger partial charge is 0.493 e. The molecule has 0 spiro atoms. The molecule has 0 unspecified atom stereocenters.